The number of hydrogen-bond acceptors (Lipinski definition) is 5. The van der Waals surface area contributed by atoms with Crippen LogP contribution in [0, 0.1) is 0 Å². The van der Waals surface area contributed by atoms with Gasteiger partial charge in [-0.25, -0.2) is 4.98 Å². The molecule has 0 aliphatic carbocycles. The molecule has 29 heavy (non-hydrogen) atoms. The van der Waals surface area contributed by atoms with Crippen molar-refractivity contribution in [3.8, 4) is 5.75 Å². The van der Waals surface area contributed by atoms with Crippen molar-refractivity contribution in [2.75, 3.05) is 32.8 Å². The summed E-state index contributed by atoms with van der Waals surface area (Å²) in [4.78, 5) is 21.8. The number of aromatic nitrogens is 1. The molecule has 2 aliphatic heterocycles. The van der Waals surface area contributed by atoms with E-state index in [1.54, 1.807) is 0 Å². The Labute approximate surface area is 170 Å². The van der Waals surface area contributed by atoms with Crippen LogP contribution in [0.1, 0.15) is 30.2 Å². The molecular formula is C23H25N3O3. The summed E-state index contributed by atoms with van der Waals surface area (Å²) in [6, 6.07) is 15.9. The Morgan fingerprint density at radius 3 is 2.90 bits per heavy atom. The van der Waals surface area contributed by atoms with Gasteiger partial charge in [-0.2, -0.15) is 0 Å². The van der Waals surface area contributed by atoms with Gasteiger partial charge in [0.2, 0.25) is 5.91 Å². The Kier molecular flexibility index (Phi) is 4.94. The number of carbonyl (C=O) groups excluding carboxylic acids is 1. The normalized spacial score (nSPS) is 20.1. The van der Waals surface area contributed by atoms with Gasteiger partial charge in [-0.05, 0) is 31.0 Å². The van der Waals surface area contributed by atoms with Crippen molar-refractivity contribution in [2.24, 2.45) is 0 Å². The lowest BCUT2D eigenvalue weighted by Gasteiger charge is -2.33. The van der Waals surface area contributed by atoms with E-state index in [1.807, 2.05) is 47.4 Å². The first-order chi connectivity index (χ1) is 14.3. The second-order valence-corrected chi connectivity index (χ2v) is 7.87. The van der Waals surface area contributed by atoms with Crippen LogP contribution in [0.25, 0.3) is 11.1 Å². The summed E-state index contributed by atoms with van der Waals surface area (Å²) < 4.78 is 11.8. The Hall–Kier alpha value is -2.86. The molecule has 2 aromatic carbocycles. The molecule has 0 N–H and O–H groups in total. The number of piperidine rings is 1. The monoisotopic (exact) mass is 391 g/mol. The van der Waals surface area contributed by atoms with Crippen LogP contribution in [0.4, 0.5) is 0 Å². The molecule has 150 valence electrons. The first-order valence-corrected chi connectivity index (χ1v) is 10.3. The van der Waals surface area contributed by atoms with Crippen LogP contribution in [0.5, 0.6) is 5.75 Å². The molecule has 1 unspecified atom stereocenters. The number of carbonyl (C=O) groups is 1. The van der Waals surface area contributed by atoms with E-state index in [9.17, 15) is 4.79 Å². The zero-order valence-electron chi connectivity index (χ0n) is 16.4. The number of amides is 1. The zero-order valence-corrected chi connectivity index (χ0v) is 16.4. The van der Waals surface area contributed by atoms with Gasteiger partial charge in [0, 0.05) is 31.7 Å². The molecule has 0 radical (unpaired) electrons. The molecule has 5 rings (SSSR count). The number of ether oxygens (including phenoxy) is 1. The highest BCUT2D eigenvalue weighted by Crippen LogP contribution is 2.29. The van der Waals surface area contributed by atoms with Gasteiger partial charge in [-0.15, -0.1) is 0 Å². The fraction of sp³-hybridized carbons (Fsp3) is 0.391. The molecule has 1 atom stereocenters. The second kappa shape index (κ2) is 7.87. The van der Waals surface area contributed by atoms with Crippen LogP contribution >= 0.6 is 0 Å². The lowest BCUT2D eigenvalue weighted by atomic mass is 9.98. The summed E-state index contributed by atoms with van der Waals surface area (Å²) in [6.07, 6.45) is 1.97. The SMILES string of the molecule is O=C(CN1CCOc2ccccc2C1)N1CCCC(c2nc3ccccc3o2)C1. The summed E-state index contributed by atoms with van der Waals surface area (Å²) >= 11 is 0. The highest BCUT2D eigenvalue weighted by atomic mass is 16.5. The molecule has 6 nitrogen and oxygen atoms in total. The van der Waals surface area contributed by atoms with Crippen LogP contribution in [-0.4, -0.2) is 53.5 Å². The molecule has 2 aliphatic rings. The number of hydrogen-bond donors (Lipinski definition) is 0. The number of para-hydroxylation sites is 3. The molecule has 3 aromatic rings. The van der Waals surface area contributed by atoms with Crippen molar-refractivity contribution in [1.29, 1.82) is 0 Å². The Bertz CT molecular complexity index is 982. The fourth-order valence-corrected chi connectivity index (χ4v) is 4.28. The van der Waals surface area contributed by atoms with Gasteiger partial charge in [0.15, 0.2) is 11.5 Å². The third kappa shape index (κ3) is 3.85. The third-order valence-corrected chi connectivity index (χ3v) is 5.82. The predicted molar refractivity (Wildman–Crippen MR) is 110 cm³/mol. The van der Waals surface area contributed by atoms with Gasteiger partial charge in [0.1, 0.15) is 17.9 Å². The molecule has 0 spiro atoms. The van der Waals surface area contributed by atoms with Gasteiger partial charge >= 0.3 is 0 Å². The molecule has 1 aromatic heterocycles. The van der Waals surface area contributed by atoms with Crippen LogP contribution in [0.2, 0.25) is 0 Å². The minimum Gasteiger partial charge on any atom is -0.492 e. The standard InChI is InChI=1S/C23H25N3O3/c27-22(16-25-12-13-28-20-9-3-1-6-17(20)14-25)26-11-5-7-18(15-26)23-24-19-8-2-4-10-21(19)29-23/h1-4,6,8-10,18H,5,7,11-16H2. The zero-order chi connectivity index (χ0) is 19.6. The summed E-state index contributed by atoms with van der Waals surface area (Å²) in [5.41, 5.74) is 2.84. The minimum atomic E-state index is 0.160. The molecule has 0 bridgehead atoms. The van der Waals surface area contributed by atoms with Gasteiger partial charge < -0.3 is 14.1 Å². The summed E-state index contributed by atoms with van der Waals surface area (Å²) in [6.45, 7) is 3.99. The number of nitrogens with zero attached hydrogens (tertiary/aromatic N) is 3. The maximum atomic E-state index is 13.0. The maximum absolute atomic E-state index is 13.0. The molecule has 1 amide bonds. The van der Waals surface area contributed by atoms with E-state index < -0.39 is 0 Å². The van der Waals surface area contributed by atoms with E-state index in [0.29, 0.717) is 19.7 Å². The summed E-state index contributed by atoms with van der Waals surface area (Å²) in [5.74, 6) is 2.01. The van der Waals surface area contributed by atoms with Crippen LogP contribution < -0.4 is 4.74 Å². The van der Waals surface area contributed by atoms with Crippen molar-refractivity contribution in [3.05, 3.63) is 60.0 Å². The first-order valence-electron chi connectivity index (χ1n) is 10.3. The van der Waals surface area contributed by atoms with E-state index in [-0.39, 0.29) is 11.8 Å². The molecule has 3 heterocycles. The van der Waals surface area contributed by atoms with Crippen molar-refractivity contribution in [1.82, 2.24) is 14.8 Å². The Balaban J connectivity index is 1.25. The molecule has 1 saturated heterocycles. The highest BCUT2D eigenvalue weighted by Gasteiger charge is 2.29. The minimum absolute atomic E-state index is 0.160. The van der Waals surface area contributed by atoms with Crippen LogP contribution in [-0.2, 0) is 11.3 Å². The Morgan fingerprint density at radius 1 is 1.10 bits per heavy atom. The van der Waals surface area contributed by atoms with Gasteiger partial charge in [-0.3, -0.25) is 9.69 Å². The number of benzene rings is 2. The number of fused-ring (bicyclic) bond motifs is 2. The quantitative estimate of drug-likeness (QED) is 0.685. The number of likely N-dealkylation sites (tertiary alicyclic amines) is 1. The van der Waals surface area contributed by atoms with Gasteiger partial charge in [0.25, 0.3) is 0 Å². The lowest BCUT2D eigenvalue weighted by molar-refractivity contribution is -0.133. The molecule has 1 fully saturated rings. The van der Waals surface area contributed by atoms with E-state index in [4.69, 9.17) is 9.15 Å². The molecule has 0 saturated carbocycles. The second-order valence-electron chi connectivity index (χ2n) is 7.87. The topological polar surface area (TPSA) is 58.8 Å². The summed E-state index contributed by atoms with van der Waals surface area (Å²) in [5, 5.41) is 0. The van der Waals surface area contributed by atoms with Crippen molar-refractivity contribution in [3.63, 3.8) is 0 Å². The van der Waals surface area contributed by atoms with Crippen molar-refractivity contribution in [2.45, 2.75) is 25.3 Å². The number of rotatable bonds is 3. The van der Waals surface area contributed by atoms with Gasteiger partial charge in [0.05, 0.1) is 12.5 Å². The van der Waals surface area contributed by atoms with Gasteiger partial charge in [-0.1, -0.05) is 30.3 Å². The lowest BCUT2D eigenvalue weighted by Crippen LogP contribution is -2.45. The van der Waals surface area contributed by atoms with Crippen molar-refractivity contribution < 1.29 is 13.9 Å². The fourth-order valence-electron chi connectivity index (χ4n) is 4.28. The number of oxazole rings is 1. The van der Waals surface area contributed by atoms with E-state index in [0.717, 1.165) is 60.8 Å². The maximum Gasteiger partial charge on any atom is 0.236 e. The molecule has 6 heteroatoms. The van der Waals surface area contributed by atoms with E-state index in [2.05, 4.69) is 16.0 Å². The van der Waals surface area contributed by atoms with Crippen LogP contribution in [0.15, 0.2) is 52.9 Å². The van der Waals surface area contributed by atoms with E-state index in [1.165, 1.54) is 0 Å². The smallest absolute Gasteiger partial charge is 0.236 e. The predicted octanol–water partition coefficient (Wildman–Crippen LogP) is 3.43. The van der Waals surface area contributed by atoms with Crippen molar-refractivity contribution >= 4 is 17.0 Å². The highest BCUT2D eigenvalue weighted by molar-refractivity contribution is 5.78. The average molecular weight is 391 g/mol. The van der Waals surface area contributed by atoms with E-state index >= 15 is 0 Å². The first kappa shape index (κ1) is 18.2. The average Bonchev–Trinajstić information content (AvgIpc) is 3.09. The summed E-state index contributed by atoms with van der Waals surface area (Å²) in [7, 11) is 0. The third-order valence-electron chi connectivity index (χ3n) is 5.82. The largest absolute Gasteiger partial charge is 0.492 e. The van der Waals surface area contributed by atoms with Crippen LogP contribution in [0.3, 0.4) is 0 Å². The Morgan fingerprint density at radius 2 is 1.97 bits per heavy atom. The molecular weight excluding hydrogens is 366 g/mol.